The smallest absolute Gasteiger partial charge is 0.331 e. The molecule has 1 fully saturated rings. The van der Waals surface area contributed by atoms with Gasteiger partial charge in [0.1, 0.15) is 18.2 Å². The van der Waals surface area contributed by atoms with E-state index in [1.165, 1.54) is 15.7 Å². The number of nitriles is 1. The van der Waals surface area contributed by atoms with Crippen LogP contribution in [-0.2, 0) is 27.7 Å². The molecule has 9 nitrogen and oxygen atoms in total. The van der Waals surface area contributed by atoms with Gasteiger partial charge in [0.05, 0.1) is 11.5 Å². The first kappa shape index (κ1) is 19.9. The molecule has 0 aromatic carbocycles. The van der Waals surface area contributed by atoms with Gasteiger partial charge in [0.15, 0.2) is 9.84 Å². The fourth-order valence-corrected chi connectivity index (χ4v) is 4.83. The van der Waals surface area contributed by atoms with E-state index in [1.54, 1.807) is 13.0 Å². The molecule has 10 heteroatoms. The van der Waals surface area contributed by atoms with Crippen molar-refractivity contribution in [1.29, 1.82) is 5.26 Å². The monoisotopic (exact) mass is 382 g/mol. The maximum absolute atomic E-state index is 12.7. The molecule has 1 atom stereocenters. The van der Waals surface area contributed by atoms with Gasteiger partial charge in [-0.15, -0.1) is 0 Å². The van der Waals surface area contributed by atoms with Crippen LogP contribution in [-0.4, -0.2) is 52.5 Å². The molecule has 1 aromatic rings. The molecule has 1 aromatic heterocycles. The van der Waals surface area contributed by atoms with E-state index in [9.17, 15) is 22.8 Å². The maximum Gasteiger partial charge on any atom is 0.331 e. The average Bonchev–Trinajstić information content (AvgIpc) is 2.96. The summed E-state index contributed by atoms with van der Waals surface area (Å²) in [4.78, 5) is 38.8. The van der Waals surface area contributed by atoms with Crippen LogP contribution in [0, 0.1) is 11.3 Å². The summed E-state index contributed by atoms with van der Waals surface area (Å²) in [5.74, 6) is -0.575. The van der Waals surface area contributed by atoms with Crippen LogP contribution in [0.2, 0.25) is 0 Å². The van der Waals surface area contributed by atoms with Gasteiger partial charge in [0.2, 0.25) is 5.91 Å². The van der Waals surface area contributed by atoms with Gasteiger partial charge in [0.25, 0.3) is 5.56 Å². The third-order valence-corrected chi connectivity index (χ3v) is 6.18. The minimum atomic E-state index is -3.17. The molecule has 2 heterocycles. The minimum Gasteiger partial charge on any atom is -0.337 e. The highest BCUT2D eigenvalue weighted by Gasteiger charge is 2.34. The molecular formula is C16H22N4O5S. The Morgan fingerprint density at radius 1 is 1.38 bits per heavy atom. The van der Waals surface area contributed by atoms with Crippen molar-refractivity contribution < 1.29 is 13.2 Å². The summed E-state index contributed by atoms with van der Waals surface area (Å²) in [5, 5.41) is 9.07. The van der Waals surface area contributed by atoms with Crippen molar-refractivity contribution >= 4 is 15.7 Å². The van der Waals surface area contributed by atoms with Crippen LogP contribution in [0.1, 0.15) is 32.3 Å². The fourth-order valence-electron chi connectivity index (χ4n) is 3.10. The molecule has 1 aliphatic heterocycles. The zero-order chi connectivity index (χ0) is 19.5. The van der Waals surface area contributed by atoms with Crippen LogP contribution in [0.5, 0.6) is 0 Å². The number of amides is 1. The Bertz CT molecular complexity index is 954. The molecule has 1 saturated heterocycles. The molecule has 26 heavy (non-hydrogen) atoms. The Hall–Kier alpha value is -2.41. The summed E-state index contributed by atoms with van der Waals surface area (Å²) in [7, 11) is -3.17. The van der Waals surface area contributed by atoms with Gasteiger partial charge in [-0.2, -0.15) is 5.26 Å². The topological polar surface area (TPSA) is 122 Å². The van der Waals surface area contributed by atoms with E-state index in [1.807, 2.05) is 6.92 Å². The van der Waals surface area contributed by atoms with Gasteiger partial charge in [0, 0.05) is 25.3 Å². The number of carbonyl (C=O) groups excluding carboxylic acids is 1. The average molecular weight is 382 g/mol. The molecule has 2 rings (SSSR count). The van der Waals surface area contributed by atoms with Gasteiger partial charge in [-0.05, 0) is 19.8 Å². The second-order valence-corrected chi connectivity index (χ2v) is 8.49. The lowest BCUT2D eigenvalue weighted by atomic mass is 10.2. The van der Waals surface area contributed by atoms with Gasteiger partial charge in [-0.3, -0.25) is 14.2 Å². The third kappa shape index (κ3) is 4.04. The van der Waals surface area contributed by atoms with Crippen molar-refractivity contribution in [2.45, 2.75) is 45.8 Å². The molecule has 0 bridgehead atoms. The largest absolute Gasteiger partial charge is 0.337 e. The molecule has 0 saturated carbocycles. The number of sulfone groups is 1. The highest BCUT2D eigenvalue weighted by atomic mass is 32.2. The van der Waals surface area contributed by atoms with E-state index in [-0.39, 0.29) is 23.6 Å². The van der Waals surface area contributed by atoms with Crippen LogP contribution in [0.4, 0.5) is 0 Å². The Morgan fingerprint density at radius 2 is 2.08 bits per heavy atom. The Labute approximate surface area is 151 Å². The van der Waals surface area contributed by atoms with E-state index in [4.69, 9.17) is 5.26 Å². The maximum atomic E-state index is 12.7. The van der Waals surface area contributed by atoms with Crippen molar-refractivity contribution in [2.24, 2.45) is 0 Å². The summed E-state index contributed by atoms with van der Waals surface area (Å²) in [5.41, 5.74) is -1.70. The number of hydrogen-bond acceptors (Lipinski definition) is 6. The fraction of sp³-hybridized carbons (Fsp3) is 0.625. The summed E-state index contributed by atoms with van der Waals surface area (Å²) >= 11 is 0. The zero-order valence-electron chi connectivity index (χ0n) is 14.8. The standard InChI is InChI=1S/C16H22N4O5S/c1-3-6-19(13-5-7-26(24,25)11-13)14(21)10-20-15(22)12(8-17)9-18(4-2)16(20)23/h9,13H,3-7,10-11H2,1-2H3. The van der Waals surface area contributed by atoms with Gasteiger partial charge in [-0.1, -0.05) is 6.92 Å². The highest BCUT2D eigenvalue weighted by Crippen LogP contribution is 2.18. The number of nitrogens with zero attached hydrogens (tertiary/aromatic N) is 4. The predicted octanol–water partition coefficient (Wildman–Crippen LogP) is -0.673. The molecule has 142 valence electrons. The summed E-state index contributed by atoms with van der Waals surface area (Å²) in [6, 6.07) is 1.29. The first-order valence-electron chi connectivity index (χ1n) is 8.48. The first-order valence-corrected chi connectivity index (χ1v) is 10.3. The SMILES string of the molecule is CCCN(C(=O)Cn1c(=O)c(C#N)cn(CC)c1=O)C1CCS(=O)(=O)C1. The Kier molecular flexibility index (Phi) is 6.02. The summed E-state index contributed by atoms with van der Waals surface area (Å²) in [6.07, 6.45) is 2.15. The van der Waals surface area contributed by atoms with Crippen LogP contribution in [0.25, 0.3) is 0 Å². The lowest BCUT2D eigenvalue weighted by Gasteiger charge is -2.28. The van der Waals surface area contributed by atoms with Crippen molar-refractivity contribution in [3.05, 3.63) is 32.6 Å². The predicted molar refractivity (Wildman–Crippen MR) is 94.4 cm³/mol. The van der Waals surface area contributed by atoms with Crippen LogP contribution >= 0.6 is 0 Å². The molecular weight excluding hydrogens is 360 g/mol. The lowest BCUT2D eigenvalue weighted by Crippen LogP contribution is -2.48. The Morgan fingerprint density at radius 3 is 2.58 bits per heavy atom. The number of aromatic nitrogens is 2. The third-order valence-electron chi connectivity index (χ3n) is 4.43. The number of carbonyl (C=O) groups is 1. The van der Waals surface area contributed by atoms with Crippen molar-refractivity contribution in [1.82, 2.24) is 14.0 Å². The zero-order valence-corrected chi connectivity index (χ0v) is 15.7. The van der Waals surface area contributed by atoms with Gasteiger partial charge in [-0.25, -0.2) is 17.8 Å². The molecule has 0 aliphatic carbocycles. The quantitative estimate of drug-likeness (QED) is 0.643. The van der Waals surface area contributed by atoms with Crippen LogP contribution < -0.4 is 11.2 Å². The second-order valence-electron chi connectivity index (χ2n) is 6.26. The minimum absolute atomic E-state index is 0.0255. The lowest BCUT2D eigenvalue weighted by molar-refractivity contribution is -0.133. The van der Waals surface area contributed by atoms with Crippen LogP contribution in [0.3, 0.4) is 0 Å². The number of rotatable bonds is 6. The Balaban J connectivity index is 2.37. The molecule has 1 amide bonds. The van der Waals surface area contributed by atoms with Crippen molar-refractivity contribution in [3.8, 4) is 6.07 Å². The molecule has 0 spiro atoms. The highest BCUT2D eigenvalue weighted by molar-refractivity contribution is 7.91. The molecule has 0 radical (unpaired) electrons. The first-order chi connectivity index (χ1) is 12.2. The second kappa shape index (κ2) is 7.86. The van der Waals surface area contributed by atoms with E-state index in [0.717, 1.165) is 4.57 Å². The van der Waals surface area contributed by atoms with E-state index < -0.39 is 39.6 Å². The normalized spacial score (nSPS) is 18.4. The number of hydrogen-bond donors (Lipinski definition) is 0. The van der Waals surface area contributed by atoms with Crippen molar-refractivity contribution in [2.75, 3.05) is 18.1 Å². The molecule has 1 unspecified atom stereocenters. The molecule has 1 aliphatic rings. The summed E-state index contributed by atoms with van der Waals surface area (Å²) < 4.78 is 25.4. The van der Waals surface area contributed by atoms with Crippen molar-refractivity contribution in [3.63, 3.8) is 0 Å². The van der Waals surface area contributed by atoms with E-state index in [0.29, 0.717) is 19.4 Å². The number of aryl methyl sites for hydroxylation is 1. The summed E-state index contributed by atoms with van der Waals surface area (Å²) in [6.45, 7) is 3.63. The van der Waals surface area contributed by atoms with Gasteiger partial charge >= 0.3 is 5.69 Å². The van der Waals surface area contributed by atoms with Gasteiger partial charge < -0.3 is 4.90 Å². The van der Waals surface area contributed by atoms with Crippen LogP contribution in [0.15, 0.2) is 15.8 Å². The molecule has 0 N–H and O–H groups in total. The van der Waals surface area contributed by atoms with E-state index in [2.05, 4.69) is 0 Å². The van der Waals surface area contributed by atoms with E-state index >= 15 is 0 Å².